The summed E-state index contributed by atoms with van der Waals surface area (Å²) in [6, 6.07) is -0.193. The van der Waals surface area contributed by atoms with Gasteiger partial charge in [-0.15, -0.1) is 0 Å². The third kappa shape index (κ3) is 4.89. The van der Waals surface area contributed by atoms with E-state index < -0.39 is 0 Å². The average molecular weight is 159 g/mol. The van der Waals surface area contributed by atoms with Crippen LogP contribution in [0.25, 0.3) is 0 Å². The fraction of sp³-hybridized carbons (Fsp3) is 0.857. The standard InChI is InChI=1S/C7H17N3O/c1-6(11)7(10-9)4-2-3-5-8/h7,10H,2-5,8-9H2,1H3/t7-/m0/s1. The van der Waals surface area contributed by atoms with Crippen LogP contribution in [0.3, 0.4) is 0 Å². The van der Waals surface area contributed by atoms with Crippen LogP contribution >= 0.6 is 0 Å². The molecular formula is C7H17N3O. The predicted octanol–water partition coefficient (Wildman–Crippen LogP) is -0.464. The summed E-state index contributed by atoms with van der Waals surface area (Å²) in [5, 5.41) is 0. The molecular weight excluding hydrogens is 142 g/mol. The van der Waals surface area contributed by atoms with E-state index >= 15 is 0 Å². The molecule has 66 valence electrons. The molecule has 1 atom stereocenters. The Hall–Kier alpha value is -0.450. The third-order valence-electron chi connectivity index (χ3n) is 1.64. The highest BCUT2D eigenvalue weighted by Crippen LogP contribution is 1.99. The number of carbonyl (C=O) groups is 1. The number of Topliss-reactive ketones (excluding diaryl/α,β-unsaturated/α-hetero) is 1. The van der Waals surface area contributed by atoms with Gasteiger partial charge in [0.15, 0.2) is 0 Å². The van der Waals surface area contributed by atoms with Crippen molar-refractivity contribution in [3.8, 4) is 0 Å². The van der Waals surface area contributed by atoms with E-state index in [-0.39, 0.29) is 11.8 Å². The highest BCUT2D eigenvalue weighted by molar-refractivity contribution is 5.81. The fourth-order valence-corrected chi connectivity index (χ4v) is 0.897. The predicted molar refractivity (Wildman–Crippen MR) is 44.7 cm³/mol. The lowest BCUT2D eigenvalue weighted by atomic mass is 10.1. The summed E-state index contributed by atoms with van der Waals surface area (Å²) in [5.74, 6) is 5.24. The van der Waals surface area contributed by atoms with Gasteiger partial charge in [0.2, 0.25) is 0 Å². The molecule has 0 fully saturated rings. The molecule has 4 heteroatoms. The fourth-order valence-electron chi connectivity index (χ4n) is 0.897. The van der Waals surface area contributed by atoms with Crippen molar-refractivity contribution in [1.82, 2.24) is 5.43 Å². The van der Waals surface area contributed by atoms with Gasteiger partial charge in [0, 0.05) is 0 Å². The second kappa shape index (κ2) is 6.27. The maximum Gasteiger partial charge on any atom is 0.148 e. The number of ketones is 1. The molecule has 5 N–H and O–H groups in total. The first-order valence-electron chi connectivity index (χ1n) is 3.89. The zero-order valence-corrected chi connectivity index (χ0v) is 6.97. The molecule has 0 spiro atoms. The Balaban J connectivity index is 3.44. The van der Waals surface area contributed by atoms with Crippen molar-refractivity contribution >= 4 is 5.78 Å². The minimum atomic E-state index is -0.193. The monoisotopic (exact) mass is 159 g/mol. The molecule has 0 aromatic carbocycles. The molecule has 0 rings (SSSR count). The topological polar surface area (TPSA) is 81.1 Å². The lowest BCUT2D eigenvalue weighted by Crippen LogP contribution is -2.40. The maximum atomic E-state index is 10.8. The molecule has 0 radical (unpaired) electrons. The van der Waals surface area contributed by atoms with Gasteiger partial charge in [0.25, 0.3) is 0 Å². The highest BCUT2D eigenvalue weighted by atomic mass is 16.1. The van der Waals surface area contributed by atoms with Gasteiger partial charge in [0.1, 0.15) is 5.78 Å². The number of hydrogen-bond acceptors (Lipinski definition) is 4. The quantitative estimate of drug-likeness (QED) is 0.278. The first-order valence-corrected chi connectivity index (χ1v) is 3.89. The van der Waals surface area contributed by atoms with Crippen LogP contribution in [0.5, 0.6) is 0 Å². The van der Waals surface area contributed by atoms with Gasteiger partial charge in [-0.3, -0.25) is 10.6 Å². The van der Waals surface area contributed by atoms with Crippen molar-refractivity contribution in [2.24, 2.45) is 11.6 Å². The number of unbranched alkanes of at least 4 members (excludes halogenated alkanes) is 1. The van der Waals surface area contributed by atoms with Gasteiger partial charge < -0.3 is 5.73 Å². The SMILES string of the molecule is CC(=O)[C@H](CCCCN)NN. The highest BCUT2D eigenvalue weighted by Gasteiger charge is 2.09. The van der Waals surface area contributed by atoms with Gasteiger partial charge in [0.05, 0.1) is 6.04 Å². The average Bonchev–Trinajstić information content (AvgIpc) is 1.97. The molecule has 0 aromatic rings. The van der Waals surface area contributed by atoms with Crippen LogP contribution in [0.2, 0.25) is 0 Å². The van der Waals surface area contributed by atoms with Crippen LogP contribution in [0.4, 0.5) is 0 Å². The van der Waals surface area contributed by atoms with Crippen molar-refractivity contribution in [1.29, 1.82) is 0 Å². The smallest absolute Gasteiger partial charge is 0.148 e. The zero-order chi connectivity index (χ0) is 8.69. The van der Waals surface area contributed by atoms with Crippen LogP contribution in [-0.4, -0.2) is 18.4 Å². The van der Waals surface area contributed by atoms with Gasteiger partial charge in [-0.2, -0.15) is 0 Å². The molecule has 0 aliphatic carbocycles. The van der Waals surface area contributed by atoms with Crippen LogP contribution in [0, 0.1) is 0 Å². The lowest BCUT2D eigenvalue weighted by Gasteiger charge is -2.10. The number of nitrogens with one attached hydrogen (secondary N) is 1. The summed E-state index contributed by atoms with van der Waals surface area (Å²) in [5.41, 5.74) is 7.77. The van der Waals surface area contributed by atoms with Crippen molar-refractivity contribution in [3.05, 3.63) is 0 Å². The first kappa shape index (κ1) is 10.6. The van der Waals surface area contributed by atoms with Gasteiger partial charge in [-0.05, 0) is 26.3 Å². The summed E-state index contributed by atoms with van der Waals surface area (Å²) < 4.78 is 0. The van der Waals surface area contributed by atoms with E-state index in [1.807, 2.05) is 0 Å². The van der Waals surface area contributed by atoms with Gasteiger partial charge in [-0.1, -0.05) is 6.42 Å². The summed E-state index contributed by atoms with van der Waals surface area (Å²) >= 11 is 0. The number of hydrazine groups is 1. The molecule has 0 aromatic heterocycles. The van der Waals surface area contributed by atoms with Gasteiger partial charge >= 0.3 is 0 Å². The second-order valence-corrected chi connectivity index (χ2v) is 2.61. The van der Waals surface area contributed by atoms with Gasteiger partial charge in [-0.25, -0.2) is 5.43 Å². The van der Waals surface area contributed by atoms with Crippen LogP contribution in [0.1, 0.15) is 26.2 Å². The Morgan fingerprint density at radius 1 is 1.55 bits per heavy atom. The van der Waals surface area contributed by atoms with E-state index in [9.17, 15) is 4.79 Å². The molecule has 0 aliphatic rings. The molecule has 0 heterocycles. The number of hydrogen-bond donors (Lipinski definition) is 3. The maximum absolute atomic E-state index is 10.8. The Morgan fingerprint density at radius 3 is 2.55 bits per heavy atom. The molecule has 11 heavy (non-hydrogen) atoms. The zero-order valence-electron chi connectivity index (χ0n) is 6.97. The normalized spacial score (nSPS) is 13.0. The summed E-state index contributed by atoms with van der Waals surface area (Å²) in [4.78, 5) is 10.8. The molecule has 0 unspecified atom stereocenters. The van der Waals surface area contributed by atoms with E-state index in [2.05, 4.69) is 5.43 Å². The van der Waals surface area contributed by atoms with E-state index in [4.69, 9.17) is 11.6 Å². The third-order valence-corrected chi connectivity index (χ3v) is 1.64. The van der Waals surface area contributed by atoms with Crippen molar-refractivity contribution in [2.45, 2.75) is 32.2 Å². The summed E-state index contributed by atoms with van der Waals surface area (Å²) in [6.07, 6.45) is 2.68. The van der Waals surface area contributed by atoms with Crippen LogP contribution in [-0.2, 0) is 4.79 Å². The Morgan fingerprint density at radius 2 is 2.18 bits per heavy atom. The minimum Gasteiger partial charge on any atom is -0.330 e. The lowest BCUT2D eigenvalue weighted by molar-refractivity contribution is -0.119. The van der Waals surface area contributed by atoms with Crippen molar-refractivity contribution in [2.75, 3.05) is 6.54 Å². The molecule has 0 saturated heterocycles. The number of rotatable bonds is 6. The first-order chi connectivity index (χ1) is 5.22. The molecule has 0 saturated carbocycles. The Kier molecular flexibility index (Phi) is 6.02. The van der Waals surface area contributed by atoms with Crippen LogP contribution < -0.4 is 17.0 Å². The minimum absolute atomic E-state index is 0.0875. The van der Waals surface area contributed by atoms with Crippen LogP contribution in [0.15, 0.2) is 0 Å². The Bertz CT molecular complexity index is 116. The summed E-state index contributed by atoms with van der Waals surface area (Å²) in [7, 11) is 0. The van der Waals surface area contributed by atoms with E-state index in [1.54, 1.807) is 0 Å². The van der Waals surface area contributed by atoms with Crippen molar-refractivity contribution in [3.63, 3.8) is 0 Å². The Labute approximate surface area is 67.3 Å². The number of nitrogens with two attached hydrogens (primary N) is 2. The molecule has 0 bridgehead atoms. The van der Waals surface area contributed by atoms with E-state index in [0.29, 0.717) is 6.54 Å². The molecule has 0 aliphatic heterocycles. The molecule has 4 nitrogen and oxygen atoms in total. The van der Waals surface area contributed by atoms with E-state index in [0.717, 1.165) is 19.3 Å². The molecule has 0 amide bonds. The largest absolute Gasteiger partial charge is 0.330 e. The second-order valence-electron chi connectivity index (χ2n) is 2.61. The van der Waals surface area contributed by atoms with Crippen molar-refractivity contribution < 1.29 is 4.79 Å². The van der Waals surface area contributed by atoms with E-state index in [1.165, 1.54) is 6.92 Å². The number of carbonyl (C=O) groups excluding carboxylic acids is 1. The summed E-state index contributed by atoms with van der Waals surface area (Å²) in [6.45, 7) is 2.21.